The summed E-state index contributed by atoms with van der Waals surface area (Å²) in [5.41, 5.74) is 1.47. The summed E-state index contributed by atoms with van der Waals surface area (Å²) >= 11 is 7.54. The molecule has 0 atom stereocenters. The molecule has 0 fully saturated rings. The standard InChI is InChI=1S/C14H13ClN4OS/c1-8-7-21-13(17-8)6-16-5-12-18-11-4-9(15)2-3-10(11)14(20)19-12/h2-4,7,16H,5-6H2,1H3,(H,18,19,20). The predicted molar refractivity (Wildman–Crippen MR) is 84.8 cm³/mol. The van der Waals surface area contributed by atoms with Gasteiger partial charge in [0.1, 0.15) is 10.8 Å². The van der Waals surface area contributed by atoms with Crippen molar-refractivity contribution in [1.82, 2.24) is 20.3 Å². The van der Waals surface area contributed by atoms with Gasteiger partial charge in [-0.05, 0) is 25.1 Å². The molecule has 0 bridgehead atoms. The second-order valence-corrected chi connectivity index (χ2v) is 6.04. The molecule has 0 spiro atoms. The Bertz CT molecular complexity index is 842. The monoisotopic (exact) mass is 320 g/mol. The lowest BCUT2D eigenvalue weighted by Crippen LogP contribution is -2.19. The summed E-state index contributed by atoms with van der Waals surface area (Å²) in [5, 5.41) is 7.35. The summed E-state index contributed by atoms with van der Waals surface area (Å²) in [4.78, 5) is 23.5. The Kier molecular flexibility index (Phi) is 4.01. The van der Waals surface area contributed by atoms with E-state index in [1.807, 2.05) is 12.3 Å². The number of rotatable bonds is 4. The van der Waals surface area contributed by atoms with Crippen LogP contribution < -0.4 is 10.9 Å². The van der Waals surface area contributed by atoms with Gasteiger partial charge in [-0.2, -0.15) is 0 Å². The van der Waals surface area contributed by atoms with E-state index in [9.17, 15) is 4.79 Å². The minimum atomic E-state index is -0.154. The maximum absolute atomic E-state index is 12.0. The van der Waals surface area contributed by atoms with Gasteiger partial charge in [-0.25, -0.2) is 9.97 Å². The first-order valence-electron chi connectivity index (χ1n) is 6.42. The maximum atomic E-state index is 12.0. The highest BCUT2D eigenvalue weighted by molar-refractivity contribution is 7.09. The number of nitrogens with one attached hydrogen (secondary N) is 2. The van der Waals surface area contributed by atoms with E-state index < -0.39 is 0 Å². The SMILES string of the molecule is Cc1csc(CNCc2nc3cc(Cl)ccc3c(=O)[nH]2)n1. The fraction of sp³-hybridized carbons (Fsp3) is 0.214. The minimum absolute atomic E-state index is 0.154. The van der Waals surface area contributed by atoms with E-state index in [-0.39, 0.29) is 5.56 Å². The fourth-order valence-corrected chi connectivity index (χ4v) is 2.92. The van der Waals surface area contributed by atoms with Gasteiger partial charge in [0, 0.05) is 22.6 Å². The van der Waals surface area contributed by atoms with Crippen LogP contribution in [0.1, 0.15) is 16.5 Å². The molecule has 21 heavy (non-hydrogen) atoms. The number of aryl methyl sites for hydroxylation is 1. The lowest BCUT2D eigenvalue weighted by Gasteiger charge is -2.04. The van der Waals surface area contributed by atoms with Gasteiger partial charge in [0.15, 0.2) is 0 Å². The molecular formula is C14H13ClN4OS. The Morgan fingerprint density at radius 3 is 2.95 bits per heavy atom. The minimum Gasteiger partial charge on any atom is -0.309 e. The van der Waals surface area contributed by atoms with E-state index in [0.29, 0.717) is 34.8 Å². The Hall–Kier alpha value is -1.76. The molecule has 7 heteroatoms. The number of nitrogens with zero attached hydrogens (tertiary/aromatic N) is 2. The number of hydrogen-bond donors (Lipinski definition) is 2. The molecule has 2 N–H and O–H groups in total. The number of aromatic amines is 1. The van der Waals surface area contributed by atoms with E-state index in [2.05, 4.69) is 20.3 Å². The lowest BCUT2D eigenvalue weighted by atomic mass is 10.2. The zero-order chi connectivity index (χ0) is 14.8. The van der Waals surface area contributed by atoms with E-state index in [0.717, 1.165) is 10.7 Å². The highest BCUT2D eigenvalue weighted by Gasteiger charge is 2.05. The average molecular weight is 321 g/mol. The Morgan fingerprint density at radius 1 is 1.33 bits per heavy atom. The number of aromatic nitrogens is 3. The van der Waals surface area contributed by atoms with Gasteiger partial charge >= 0.3 is 0 Å². The van der Waals surface area contributed by atoms with Crippen LogP contribution in [-0.4, -0.2) is 15.0 Å². The molecule has 3 aromatic rings. The Labute approximate surface area is 130 Å². The third-order valence-corrected chi connectivity index (χ3v) is 4.15. The second kappa shape index (κ2) is 5.93. The highest BCUT2D eigenvalue weighted by Crippen LogP contribution is 2.14. The number of H-pyrrole nitrogens is 1. The molecule has 0 amide bonds. The number of thiazole rings is 1. The van der Waals surface area contributed by atoms with Crippen molar-refractivity contribution in [2.45, 2.75) is 20.0 Å². The maximum Gasteiger partial charge on any atom is 0.258 e. The molecule has 3 rings (SSSR count). The van der Waals surface area contributed by atoms with E-state index >= 15 is 0 Å². The highest BCUT2D eigenvalue weighted by atomic mass is 35.5. The van der Waals surface area contributed by atoms with Crippen molar-refractivity contribution in [1.29, 1.82) is 0 Å². The van der Waals surface area contributed by atoms with Crippen LogP contribution in [0.25, 0.3) is 10.9 Å². The van der Waals surface area contributed by atoms with Crippen molar-refractivity contribution < 1.29 is 0 Å². The Balaban J connectivity index is 1.76. The van der Waals surface area contributed by atoms with Gasteiger partial charge in [-0.1, -0.05) is 11.6 Å². The number of benzene rings is 1. The van der Waals surface area contributed by atoms with Crippen LogP contribution in [-0.2, 0) is 13.1 Å². The summed E-state index contributed by atoms with van der Waals surface area (Å²) in [6.45, 7) is 3.08. The van der Waals surface area contributed by atoms with Gasteiger partial charge < -0.3 is 10.3 Å². The zero-order valence-corrected chi connectivity index (χ0v) is 12.9. The fourth-order valence-electron chi connectivity index (χ4n) is 2.02. The van der Waals surface area contributed by atoms with Gasteiger partial charge in [0.25, 0.3) is 5.56 Å². The van der Waals surface area contributed by atoms with Crippen LogP contribution in [0.4, 0.5) is 0 Å². The summed E-state index contributed by atoms with van der Waals surface area (Å²) in [7, 11) is 0. The van der Waals surface area contributed by atoms with Crippen molar-refractivity contribution >= 4 is 33.8 Å². The van der Waals surface area contributed by atoms with Gasteiger partial charge in [0.05, 0.1) is 17.4 Å². The molecule has 108 valence electrons. The third-order valence-electron chi connectivity index (χ3n) is 2.95. The van der Waals surface area contributed by atoms with E-state index in [1.165, 1.54) is 0 Å². The largest absolute Gasteiger partial charge is 0.309 e. The zero-order valence-electron chi connectivity index (χ0n) is 11.3. The molecule has 1 aromatic carbocycles. The second-order valence-electron chi connectivity index (χ2n) is 4.66. The number of fused-ring (bicyclic) bond motifs is 1. The van der Waals surface area contributed by atoms with Crippen molar-refractivity contribution in [2.75, 3.05) is 0 Å². The van der Waals surface area contributed by atoms with E-state index in [4.69, 9.17) is 11.6 Å². The van der Waals surface area contributed by atoms with Gasteiger partial charge in [-0.3, -0.25) is 4.79 Å². The molecule has 5 nitrogen and oxygen atoms in total. The first-order chi connectivity index (χ1) is 10.1. The first-order valence-corrected chi connectivity index (χ1v) is 7.68. The van der Waals surface area contributed by atoms with Crippen LogP contribution in [0.2, 0.25) is 5.02 Å². The molecule has 0 radical (unpaired) electrons. The molecule has 2 heterocycles. The summed E-state index contributed by atoms with van der Waals surface area (Å²) < 4.78 is 0. The lowest BCUT2D eigenvalue weighted by molar-refractivity contribution is 0.660. The Morgan fingerprint density at radius 2 is 2.19 bits per heavy atom. The molecule has 0 aliphatic heterocycles. The first kappa shape index (κ1) is 14.2. The molecular weight excluding hydrogens is 308 g/mol. The number of halogens is 1. The van der Waals surface area contributed by atoms with Crippen molar-refractivity contribution in [3.8, 4) is 0 Å². The molecule has 0 saturated carbocycles. The number of hydrogen-bond acceptors (Lipinski definition) is 5. The summed E-state index contributed by atoms with van der Waals surface area (Å²) in [6, 6.07) is 5.06. The summed E-state index contributed by atoms with van der Waals surface area (Å²) in [5.74, 6) is 0.586. The van der Waals surface area contributed by atoms with Gasteiger partial charge in [0.2, 0.25) is 0 Å². The smallest absolute Gasteiger partial charge is 0.258 e. The van der Waals surface area contributed by atoms with Crippen molar-refractivity contribution in [2.24, 2.45) is 0 Å². The molecule has 0 saturated heterocycles. The van der Waals surface area contributed by atoms with Crippen LogP contribution in [0.5, 0.6) is 0 Å². The molecule has 0 aliphatic carbocycles. The average Bonchev–Trinajstić information content (AvgIpc) is 2.84. The van der Waals surface area contributed by atoms with E-state index in [1.54, 1.807) is 29.5 Å². The topological polar surface area (TPSA) is 70.7 Å². The normalized spacial score (nSPS) is 11.1. The van der Waals surface area contributed by atoms with Crippen LogP contribution >= 0.6 is 22.9 Å². The molecule has 0 unspecified atom stereocenters. The third kappa shape index (κ3) is 3.29. The van der Waals surface area contributed by atoms with Crippen molar-refractivity contribution in [3.05, 3.63) is 55.5 Å². The van der Waals surface area contributed by atoms with Crippen LogP contribution in [0.15, 0.2) is 28.4 Å². The van der Waals surface area contributed by atoms with Gasteiger partial charge in [-0.15, -0.1) is 11.3 Å². The van der Waals surface area contributed by atoms with Crippen molar-refractivity contribution in [3.63, 3.8) is 0 Å². The molecule has 2 aromatic heterocycles. The molecule has 0 aliphatic rings. The summed E-state index contributed by atoms with van der Waals surface area (Å²) in [6.07, 6.45) is 0. The van der Waals surface area contributed by atoms with Crippen LogP contribution in [0, 0.1) is 6.92 Å². The van der Waals surface area contributed by atoms with Crippen LogP contribution in [0.3, 0.4) is 0 Å². The predicted octanol–water partition coefficient (Wildman–Crippen LogP) is 2.63. The quantitative estimate of drug-likeness (QED) is 0.775.